The summed E-state index contributed by atoms with van der Waals surface area (Å²) in [5.74, 6) is -4.88. The van der Waals surface area contributed by atoms with E-state index in [1.54, 1.807) is 6.20 Å². The molecule has 3 amide bonds. The fourth-order valence-corrected chi connectivity index (χ4v) is 4.35. The molecule has 14 nitrogen and oxygen atoms in total. The summed E-state index contributed by atoms with van der Waals surface area (Å²) in [6.07, 6.45) is 4.04. The van der Waals surface area contributed by atoms with Crippen molar-refractivity contribution in [3.8, 4) is 0 Å². The Kier molecular flexibility index (Phi) is 10.6. The van der Waals surface area contributed by atoms with Gasteiger partial charge in [-0.2, -0.15) is 0 Å². The average molecular weight is 570 g/mol. The summed E-state index contributed by atoms with van der Waals surface area (Å²) >= 11 is 0. The van der Waals surface area contributed by atoms with Crippen LogP contribution in [0, 0.1) is 5.92 Å². The second kappa shape index (κ2) is 14.1. The van der Waals surface area contributed by atoms with Crippen molar-refractivity contribution in [2.45, 2.75) is 63.7 Å². The quantitative estimate of drug-likeness (QED) is 0.123. The van der Waals surface area contributed by atoms with Gasteiger partial charge < -0.3 is 41.9 Å². The molecule has 220 valence electrons. The number of aromatic nitrogens is 3. The average Bonchev–Trinajstić information content (AvgIpc) is 3.56. The predicted molar refractivity (Wildman–Crippen MR) is 147 cm³/mol. The molecule has 3 aromatic rings. The van der Waals surface area contributed by atoms with Gasteiger partial charge in [0.2, 0.25) is 17.7 Å². The van der Waals surface area contributed by atoms with Crippen molar-refractivity contribution in [3.63, 3.8) is 0 Å². The standard InChI is InChI=1S/C27H35N7O7/c1-14(2)7-20(32-24(37)18(28)10-23(35)36)25(38)33-21(9-16-12-29-13-31-16)26(39)34-22(27(40)41)8-15-11-30-19-6-4-3-5-17(15)19/h3-6,11-14,18,20-22,30H,7-10,28H2,1-2H3,(H,29,31)(H,32,37)(H,33,38)(H,34,39)(H,35,36)(H,40,41)/t18-,20-,21-,22-/m0/s1. The van der Waals surface area contributed by atoms with E-state index in [0.717, 1.165) is 10.9 Å². The van der Waals surface area contributed by atoms with Crippen molar-refractivity contribution >= 4 is 40.6 Å². The van der Waals surface area contributed by atoms with Crippen LogP contribution in [-0.2, 0) is 36.8 Å². The molecule has 4 atom stereocenters. The van der Waals surface area contributed by atoms with E-state index >= 15 is 0 Å². The lowest BCUT2D eigenvalue weighted by atomic mass is 10.0. The van der Waals surface area contributed by atoms with Gasteiger partial charge in [0.15, 0.2) is 0 Å². The van der Waals surface area contributed by atoms with E-state index in [4.69, 9.17) is 10.8 Å². The molecule has 0 bridgehead atoms. The second-order valence-electron chi connectivity index (χ2n) is 10.2. The zero-order valence-electron chi connectivity index (χ0n) is 22.7. The number of carboxylic acid groups (broad SMARTS) is 2. The number of carbonyl (C=O) groups excluding carboxylic acids is 3. The lowest BCUT2D eigenvalue weighted by Crippen LogP contribution is -2.58. The van der Waals surface area contributed by atoms with Crippen LogP contribution in [0.25, 0.3) is 10.9 Å². The Bertz CT molecular complexity index is 1370. The first-order chi connectivity index (χ1) is 19.4. The third-order valence-electron chi connectivity index (χ3n) is 6.40. The topological polar surface area (TPSA) is 232 Å². The normalized spacial score (nSPS) is 14.1. The number of aromatic amines is 2. The summed E-state index contributed by atoms with van der Waals surface area (Å²) in [5, 5.41) is 27.2. The van der Waals surface area contributed by atoms with Crippen LogP contribution in [0.4, 0.5) is 0 Å². The molecule has 0 aliphatic heterocycles. The van der Waals surface area contributed by atoms with Gasteiger partial charge >= 0.3 is 11.9 Å². The number of para-hydroxylation sites is 1. The highest BCUT2D eigenvalue weighted by Crippen LogP contribution is 2.19. The van der Waals surface area contributed by atoms with Gasteiger partial charge in [0.25, 0.3) is 0 Å². The molecule has 41 heavy (non-hydrogen) atoms. The monoisotopic (exact) mass is 569 g/mol. The van der Waals surface area contributed by atoms with Gasteiger partial charge in [-0.1, -0.05) is 32.0 Å². The van der Waals surface area contributed by atoms with Gasteiger partial charge in [-0.05, 0) is 24.0 Å². The number of nitrogens with two attached hydrogens (primary N) is 1. The number of hydrogen-bond acceptors (Lipinski definition) is 7. The van der Waals surface area contributed by atoms with Gasteiger partial charge in [0, 0.05) is 41.8 Å². The number of H-pyrrole nitrogens is 2. The van der Waals surface area contributed by atoms with Gasteiger partial charge in [-0.3, -0.25) is 19.2 Å². The molecule has 3 rings (SSSR count). The number of amides is 3. The molecule has 0 radical (unpaired) electrons. The summed E-state index contributed by atoms with van der Waals surface area (Å²) in [6, 6.07) is 2.33. The van der Waals surface area contributed by atoms with Crippen molar-refractivity contribution in [1.29, 1.82) is 0 Å². The first-order valence-corrected chi connectivity index (χ1v) is 13.1. The van der Waals surface area contributed by atoms with Crippen LogP contribution in [-0.4, -0.2) is 79.0 Å². The van der Waals surface area contributed by atoms with E-state index in [0.29, 0.717) is 11.3 Å². The number of hydrogen-bond donors (Lipinski definition) is 8. The van der Waals surface area contributed by atoms with Gasteiger partial charge in [-0.25, -0.2) is 9.78 Å². The largest absolute Gasteiger partial charge is 0.481 e. The molecule has 0 saturated carbocycles. The van der Waals surface area contributed by atoms with Crippen LogP contribution in [0.15, 0.2) is 43.0 Å². The van der Waals surface area contributed by atoms with E-state index in [2.05, 4.69) is 30.9 Å². The minimum absolute atomic E-state index is 0.0106. The lowest BCUT2D eigenvalue weighted by Gasteiger charge is -2.25. The molecular weight excluding hydrogens is 534 g/mol. The van der Waals surface area contributed by atoms with Gasteiger partial charge in [0.05, 0.1) is 18.8 Å². The number of carboxylic acids is 2. The van der Waals surface area contributed by atoms with Crippen molar-refractivity contribution in [3.05, 3.63) is 54.2 Å². The molecule has 2 heterocycles. The van der Waals surface area contributed by atoms with E-state index in [9.17, 15) is 29.1 Å². The zero-order valence-corrected chi connectivity index (χ0v) is 22.7. The number of nitrogens with zero attached hydrogens (tertiary/aromatic N) is 1. The second-order valence-corrected chi connectivity index (χ2v) is 10.2. The molecule has 0 unspecified atom stereocenters. The highest BCUT2D eigenvalue weighted by Gasteiger charge is 2.31. The van der Waals surface area contributed by atoms with Crippen molar-refractivity contribution in [2.24, 2.45) is 11.7 Å². The number of nitrogens with one attached hydrogen (secondary N) is 5. The Morgan fingerprint density at radius 3 is 2.20 bits per heavy atom. The molecule has 2 aromatic heterocycles. The Morgan fingerprint density at radius 2 is 1.56 bits per heavy atom. The van der Waals surface area contributed by atoms with Crippen LogP contribution in [0.5, 0.6) is 0 Å². The summed E-state index contributed by atoms with van der Waals surface area (Å²) in [4.78, 5) is 72.1. The highest BCUT2D eigenvalue weighted by atomic mass is 16.4. The summed E-state index contributed by atoms with van der Waals surface area (Å²) in [7, 11) is 0. The van der Waals surface area contributed by atoms with Gasteiger partial charge in [0.1, 0.15) is 18.1 Å². The minimum atomic E-state index is -1.38. The van der Waals surface area contributed by atoms with E-state index < -0.39 is 60.2 Å². The lowest BCUT2D eigenvalue weighted by molar-refractivity contribution is -0.142. The third-order valence-corrected chi connectivity index (χ3v) is 6.40. The maximum Gasteiger partial charge on any atom is 0.326 e. The minimum Gasteiger partial charge on any atom is -0.481 e. The SMILES string of the molecule is CC(C)C[C@H](NC(=O)[C@@H](N)CC(=O)O)C(=O)N[C@@H](Cc1cnc[nH]1)C(=O)N[C@@H](Cc1c[nH]c2ccccc12)C(=O)O. The molecule has 1 aromatic carbocycles. The van der Waals surface area contributed by atoms with Crippen molar-refractivity contribution in [2.75, 3.05) is 0 Å². The van der Waals surface area contributed by atoms with E-state index in [-0.39, 0.29) is 25.2 Å². The predicted octanol–water partition coefficient (Wildman–Crippen LogP) is 0.0633. The van der Waals surface area contributed by atoms with Crippen LogP contribution >= 0.6 is 0 Å². The Hall–Kier alpha value is -4.72. The van der Waals surface area contributed by atoms with Gasteiger partial charge in [-0.15, -0.1) is 0 Å². The van der Waals surface area contributed by atoms with Crippen LogP contribution in [0.2, 0.25) is 0 Å². The number of carbonyl (C=O) groups is 5. The fourth-order valence-electron chi connectivity index (χ4n) is 4.35. The third kappa shape index (κ3) is 8.89. The molecule has 0 spiro atoms. The van der Waals surface area contributed by atoms with Crippen molar-refractivity contribution < 1.29 is 34.2 Å². The Morgan fingerprint density at radius 1 is 0.902 bits per heavy atom. The smallest absolute Gasteiger partial charge is 0.326 e. The number of fused-ring (bicyclic) bond motifs is 1. The van der Waals surface area contributed by atoms with Crippen LogP contribution < -0.4 is 21.7 Å². The number of benzene rings is 1. The molecule has 0 saturated heterocycles. The maximum absolute atomic E-state index is 13.4. The first-order valence-electron chi connectivity index (χ1n) is 13.1. The van der Waals surface area contributed by atoms with Crippen LogP contribution in [0.1, 0.15) is 37.9 Å². The highest BCUT2D eigenvalue weighted by molar-refractivity contribution is 5.95. The van der Waals surface area contributed by atoms with Crippen LogP contribution in [0.3, 0.4) is 0 Å². The first kappa shape index (κ1) is 30.8. The molecule has 0 fully saturated rings. The molecule has 0 aliphatic rings. The zero-order chi connectivity index (χ0) is 30.1. The molecule has 9 N–H and O–H groups in total. The Balaban J connectivity index is 1.78. The van der Waals surface area contributed by atoms with Crippen molar-refractivity contribution in [1.82, 2.24) is 30.9 Å². The van der Waals surface area contributed by atoms with E-state index in [1.165, 1.54) is 12.5 Å². The number of rotatable bonds is 15. The molecular formula is C27H35N7O7. The molecule has 0 aliphatic carbocycles. The summed E-state index contributed by atoms with van der Waals surface area (Å²) in [6.45, 7) is 3.64. The number of imidazole rings is 1. The number of aliphatic carboxylic acids is 2. The van der Waals surface area contributed by atoms with E-state index in [1.807, 2.05) is 38.1 Å². The summed E-state index contributed by atoms with van der Waals surface area (Å²) < 4.78 is 0. The maximum atomic E-state index is 13.4. The fraction of sp³-hybridized carbons (Fsp3) is 0.407. The summed E-state index contributed by atoms with van der Waals surface area (Å²) in [5.41, 5.74) is 7.67. The Labute approximate surface area is 235 Å². The molecule has 14 heteroatoms.